The molecule has 2 N–H and O–H groups in total. The van der Waals surface area contributed by atoms with E-state index in [0.717, 1.165) is 0 Å². The molecule has 1 aromatic carbocycles. The smallest absolute Gasteiger partial charge is 0.317 e. The maximum atomic E-state index is 10.5. The molecule has 70 valence electrons. The molecule has 0 radical (unpaired) electrons. The number of nitrogens with zero attached hydrogens (tertiary/aromatic N) is 2. The molecular formula is C9H7N3O2. The lowest BCUT2D eigenvalue weighted by Gasteiger charge is -1.94. The zero-order chi connectivity index (χ0) is 10.1. The first-order chi connectivity index (χ1) is 6.76. The number of ether oxygens (including phenoxy) is 1. The van der Waals surface area contributed by atoms with E-state index in [-0.39, 0.29) is 11.7 Å². The Balaban J connectivity index is 2.79. The van der Waals surface area contributed by atoms with Crippen molar-refractivity contribution < 1.29 is 9.53 Å². The number of aliphatic imine (C=N–C) groups is 1. The summed E-state index contributed by atoms with van der Waals surface area (Å²) in [6.45, 7) is 0. The lowest BCUT2D eigenvalue weighted by atomic mass is 10.2. The molecule has 0 saturated heterocycles. The van der Waals surface area contributed by atoms with E-state index in [1.807, 2.05) is 0 Å². The minimum Gasteiger partial charge on any atom is -0.467 e. The Morgan fingerprint density at radius 2 is 2.21 bits per heavy atom. The second-order valence-electron chi connectivity index (χ2n) is 2.71. The van der Waals surface area contributed by atoms with Gasteiger partial charge in [-0.05, 0) is 12.1 Å². The first-order valence-electron chi connectivity index (χ1n) is 3.91. The van der Waals surface area contributed by atoms with Gasteiger partial charge in [0.15, 0.2) is 0 Å². The third kappa shape index (κ3) is 1.08. The maximum Gasteiger partial charge on any atom is 0.317 e. The zero-order valence-electron chi connectivity index (χ0n) is 7.44. The quantitative estimate of drug-likeness (QED) is 0.534. The second-order valence-corrected chi connectivity index (χ2v) is 2.71. The van der Waals surface area contributed by atoms with Crippen molar-refractivity contribution in [3.8, 4) is 0 Å². The molecule has 0 bridgehead atoms. The number of nitrogens with two attached hydrogens (primary N) is 1. The van der Waals surface area contributed by atoms with Crippen LogP contribution < -0.4 is 16.3 Å². The van der Waals surface area contributed by atoms with Crippen LogP contribution in [0.2, 0.25) is 0 Å². The fourth-order valence-corrected chi connectivity index (χ4v) is 1.21. The summed E-state index contributed by atoms with van der Waals surface area (Å²) in [5.41, 5.74) is 6.44. The van der Waals surface area contributed by atoms with E-state index in [0.29, 0.717) is 16.3 Å². The molecule has 0 spiro atoms. The summed E-state index contributed by atoms with van der Waals surface area (Å²) < 4.78 is 4.85. The van der Waals surface area contributed by atoms with Gasteiger partial charge in [-0.25, -0.2) is 4.79 Å². The van der Waals surface area contributed by atoms with Crippen LogP contribution in [0.25, 0.3) is 0 Å². The highest BCUT2D eigenvalue weighted by Gasteiger charge is 2.11. The highest BCUT2D eigenvalue weighted by Crippen LogP contribution is 2.15. The van der Waals surface area contributed by atoms with Crippen LogP contribution in [0.5, 0.6) is 0 Å². The summed E-state index contributed by atoms with van der Waals surface area (Å²) in [5.74, 6) is 1.73. The van der Waals surface area contributed by atoms with Crippen LogP contribution in [0.3, 0.4) is 0 Å². The fraction of sp³-hybridized carbons (Fsp3) is 0.111. The molecule has 0 amide bonds. The van der Waals surface area contributed by atoms with E-state index in [4.69, 9.17) is 10.5 Å². The van der Waals surface area contributed by atoms with Crippen molar-refractivity contribution in [1.29, 1.82) is 0 Å². The monoisotopic (exact) mass is 189 g/mol. The molecule has 1 aliphatic rings. The summed E-state index contributed by atoms with van der Waals surface area (Å²) in [7, 11) is 1.47. The minimum absolute atomic E-state index is 0.245. The van der Waals surface area contributed by atoms with Gasteiger partial charge in [-0.1, -0.05) is 0 Å². The highest BCUT2D eigenvalue weighted by molar-refractivity contribution is 5.85. The third-order valence-electron chi connectivity index (χ3n) is 1.91. The van der Waals surface area contributed by atoms with Crippen molar-refractivity contribution in [2.45, 2.75) is 0 Å². The third-order valence-corrected chi connectivity index (χ3v) is 1.91. The molecule has 1 heterocycles. The SMILES string of the molecule is COC1=Nc2c(N)c(=C=O)ccc2=N1. The average molecular weight is 189 g/mol. The van der Waals surface area contributed by atoms with Crippen LogP contribution in [0.1, 0.15) is 0 Å². The van der Waals surface area contributed by atoms with Crippen molar-refractivity contribution in [3.63, 3.8) is 0 Å². The summed E-state index contributed by atoms with van der Waals surface area (Å²) >= 11 is 0. The summed E-state index contributed by atoms with van der Waals surface area (Å²) in [6, 6.07) is 3.45. The van der Waals surface area contributed by atoms with E-state index < -0.39 is 0 Å². The molecule has 0 atom stereocenters. The first kappa shape index (κ1) is 8.47. The van der Waals surface area contributed by atoms with E-state index in [9.17, 15) is 4.79 Å². The van der Waals surface area contributed by atoms with Crippen molar-refractivity contribution >= 4 is 23.3 Å². The van der Waals surface area contributed by atoms with Crippen molar-refractivity contribution in [2.75, 3.05) is 12.8 Å². The molecule has 1 aromatic rings. The Morgan fingerprint density at radius 1 is 1.43 bits per heavy atom. The molecule has 0 aromatic heterocycles. The van der Waals surface area contributed by atoms with Crippen LogP contribution in [0, 0.1) is 0 Å². The lowest BCUT2D eigenvalue weighted by Crippen LogP contribution is -2.15. The van der Waals surface area contributed by atoms with Crippen molar-refractivity contribution in [1.82, 2.24) is 0 Å². The van der Waals surface area contributed by atoms with Crippen LogP contribution in [0.4, 0.5) is 11.4 Å². The topological polar surface area (TPSA) is 77.0 Å². The molecule has 0 saturated carbocycles. The molecule has 14 heavy (non-hydrogen) atoms. The van der Waals surface area contributed by atoms with Gasteiger partial charge in [0.1, 0.15) is 11.6 Å². The van der Waals surface area contributed by atoms with Crippen LogP contribution in [0.15, 0.2) is 22.1 Å². The van der Waals surface area contributed by atoms with Crippen LogP contribution >= 0.6 is 0 Å². The Kier molecular flexibility index (Phi) is 1.80. The predicted molar refractivity (Wildman–Crippen MR) is 50.5 cm³/mol. The maximum absolute atomic E-state index is 10.5. The van der Waals surface area contributed by atoms with Gasteiger partial charge >= 0.3 is 6.02 Å². The number of fused-ring (bicyclic) bond motifs is 1. The number of hydrogen-bond acceptors (Lipinski definition) is 5. The van der Waals surface area contributed by atoms with Gasteiger partial charge in [0.25, 0.3) is 0 Å². The Bertz CT molecular complexity index is 556. The van der Waals surface area contributed by atoms with Gasteiger partial charge in [0.2, 0.25) is 0 Å². The van der Waals surface area contributed by atoms with Gasteiger partial charge in [-0.2, -0.15) is 9.98 Å². The van der Waals surface area contributed by atoms with Gasteiger partial charge < -0.3 is 10.5 Å². The highest BCUT2D eigenvalue weighted by atomic mass is 16.5. The minimum atomic E-state index is 0.245. The van der Waals surface area contributed by atoms with E-state index in [1.165, 1.54) is 7.11 Å². The fourth-order valence-electron chi connectivity index (χ4n) is 1.21. The van der Waals surface area contributed by atoms with Gasteiger partial charge in [-0.15, -0.1) is 0 Å². The van der Waals surface area contributed by atoms with Crippen LogP contribution in [-0.2, 0) is 9.53 Å². The van der Waals surface area contributed by atoms with Crippen molar-refractivity contribution in [2.24, 2.45) is 9.98 Å². The number of carbonyl (C=O) groups excluding carboxylic acids is 1. The van der Waals surface area contributed by atoms with E-state index in [2.05, 4.69) is 9.98 Å². The number of rotatable bonds is 0. The van der Waals surface area contributed by atoms with Gasteiger partial charge in [-0.3, -0.25) is 0 Å². The van der Waals surface area contributed by atoms with Gasteiger partial charge in [0, 0.05) is 0 Å². The lowest BCUT2D eigenvalue weighted by molar-refractivity contribution is 0.398. The van der Waals surface area contributed by atoms with Crippen LogP contribution in [-0.4, -0.2) is 19.1 Å². The zero-order valence-corrected chi connectivity index (χ0v) is 7.44. The molecule has 0 unspecified atom stereocenters. The number of amidine groups is 1. The molecule has 0 aliphatic carbocycles. The standard InChI is InChI=1S/C9H7N3O2/c1-14-9-11-6-3-2-5(4-13)7(10)8(6)12-9/h2-3H,10H2,1H3. The number of benzene rings is 1. The second kappa shape index (κ2) is 2.97. The van der Waals surface area contributed by atoms with E-state index in [1.54, 1.807) is 18.1 Å². The molecule has 2 rings (SSSR count). The predicted octanol–water partition coefficient (Wildman–Crippen LogP) is -0.961. The molecular weight excluding hydrogens is 182 g/mol. The first-order valence-corrected chi connectivity index (χ1v) is 3.91. The Hall–Kier alpha value is -2.13. The summed E-state index contributed by atoms with van der Waals surface area (Å²) in [5, 5.41) is 0.901. The largest absolute Gasteiger partial charge is 0.467 e. The number of methoxy groups -OCH3 is 1. The normalized spacial score (nSPS) is 12.5. The number of anilines is 1. The molecule has 5 heteroatoms. The molecule has 0 fully saturated rings. The Labute approximate surface area is 79.2 Å². The van der Waals surface area contributed by atoms with Gasteiger partial charge in [0.05, 0.1) is 23.4 Å². The molecule has 1 aliphatic heterocycles. The van der Waals surface area contributed by atoms with Crippen molar-refractivity contribution in [3.05, 3.63) is 22.7 Å². The summed E-state index contributed by atoms with van der Waals surface area (Å²) in [6.07, 6.45) is 0. The molecule has 5 nitrogen and oxygen atoms in total. The summed E-state index contributed by atoms with van der Waals surface area (Å²) in [4.78, 5) is 18.5. The number of hydrogen-bond donors (Lipinski definition) is 1. The van der Waals surface area contributed by atoms with E-state index >= 15 is 0 Å². The Morgan fingerprint density at radius 3 is 2.86 bits per heavy atom. The average Bonchev–Trinajstić information content (AvgIpc) is 2.62. The number of nitrogen functional groups attached to an aromatic ring is 1.